The second-order valence-electron chi connectivity index (χ2n) is 3.89. The molecule has 0 aliphatic heterocycles. The standard InChI is InChI=1S/C14H18O3/c1-5-16-14(15)12(4)9-17-13-7-6-10(2)11(3)8-13/h6-9H,5H2,1-4H3. The van der Waals surface area contributed by atoms with Crippen LogP contribution in [0.3, 0.4) is 0 Å². The summed E-state index contributed by atoms with van der Waals surface area (Å²) in [6.45, 7) is 7.87. The zero-order valence-corrected chi connectivity index (χ0v) is 10.7. The number of benzene rings is 1. The second-order valence-corrected chi connectivity index (χ2v) is 3.89. The van der Waals surface area contributed by atoms with E-state index in [1.54, 1.807) is 13.8 Å². The van der Waals surface area contributed by atoms with Gasteiger partial charge in [0.25, 0.3) is 0 Å². The highest BCUT2D eigenvalue weighted by Crippen LogP contribution is 2.17. The highest BCUT2D eigenvalue weighted by Gasteiger charge is 2.04. The molecule has 0 heterocycles. The Morgan fingerprint density at radius 2 is 2.00 bits per heavy atom. The molecule has 0 aliphatic rings. The lowest BCUT2D eigenvalue weighted by Crippen LogP contribution is -2.06. The monoisotopic (exact) mass is 234 g/mol. The smallest absolute Gasteiger partial charge is 0.336 e. The average molecular weight is 234 g/mol. The van der Waals surface area contributed by atoms with Crippen molar-refractivity contribution in [2.45, 2.75) is 27.7 Å². The van der Waals surface area contributed by atoms with E-state index in [1.165, 1.54) is 11.8 Å². The van der Waals surface area contributed by atoms with Crippen molar-refractivity contribution >= 4 is 5.97 Å². The van der Waals surface area contributed by atoms with Crippen molar-refractivity contribution in [3.8, 4) is 5.75 Å². The Kier molecular flexibility index (Phi) is 4.76. The van der Waals surface area contributed by atoms with Crippen LogP contribution >= 0.6 is 0 Å². The SMILES string of the molecule is CCOC(=O)C(C)=COc1ccc(C)c(C)c1. The Balaban J connectivity index is 2.69. The van der Waals surface area contributed by atoms with Gasteiger partial charge in [-0.1, -0.05) is 6.07 Å². The fourth-order valence-electron chi connectivity index (χ4n) is 1.24. The van der Waals surface area contributed by atoms with Gasteiger partial charge in [-0.05, 0) is 51.0 Å². The van der Waals surface area contributed by atoms with Crippen LogP contribution in [0.1, 0.15) is 25.0 Å². The molecule has 0 unspecified atom stereocenters. The maximum Gasteiger partial charge on any atom is 0.336 e. The van der Waals surface area contributed by atoms with Crippen LogP contribution in [0.2, 0.25) is 0 Å². The summed E-state index contributed by atoms with van der Waals surface area (Å²) in [7, 11) is 0. The van der Waals surface area contributed by atoms with E-state index in [2.05, 4.69) is 0 Å². The summed E-state index contributed by atoms with van der Waals surface area (Å²) in [5.41, 5.74) is 2.82. The first-order valence-electron chi connectivity index (χ1n) is 5.62. The Hall–Kier alpha value is -1.77. The molecule has 0 spiro atoms. The molecule has 1 aromatic carbocycles. The molecule has 0 N–H and O–H groups in total. The van der Waals surface area contributed by atoms with Gasteiger partial charge in [-0.3, -0.25) is 0 Å². The molecule has 17 heavy (non-hydrogen) atoms. The molecule has 1 rings (SSSR count). The molecule has 92 valence electrons. The van der Waals surface area contributed by atoms with Crippen LogP contribution in [0.4, 0.5) is 0 Å². The fraction of sp³-hybridized carbons (Fsp3) is 0.357. The zero-order chi connectivity index (χ0) is 12.8. The molecular formula is C14H18O3. The van der Waals surface area contributed by atoms with Gasteiger partial charge in [0.05, 0.1) is 12.2 Å². The molecule has 1 aromatic rings. The van der Waals surface area contributed by atoms with Gasteiger partial charge in [-0.15, -0.1) is 0 Å². The summed E-state index contributed by atoms with van der Waals surface area (Å²) in [4.78, 5) is 11.3. The van der Waals surface area contributed by atoms with E-state index in [-0.39, 0.29) is 5.97 Å². The molecule has 3 nitrogen and oxygen atoms in total. The van der Waals surface area contributed by atoms with Crippen molar-refractivity contribution in [1.82, 2.24) is 0 Å². The second kappa shape index (κ2) is 6.09. The number of esters is 1. The van der Waals surface area contributed by atoms with Crippen LogP contribution in [-0.4, -0.2) is 12.6 Å². The third-order valence-electron chi connectivity index (χ3n) is 2.45. The van der Waals surface area contributed by atoms with Crippen LogP contribution in [0.15, 0.2) is 30.0 Å². The number of carbonyl (C=O) groups is 1. The van der Waals surface area contributed by atoms with Crippen molar-refractivity contribution in [3.05, 3.63) is 41.2 Å². The normalized spacial score (nSPS) is 11.2. The summed E-state index contributed by atoms with van der Waals surface area (Å²) in [5.74, 6) is 0.369. The van der Waals surface area contributed by atoms with Crippen molar-refractivity contribution in [3.63, 3.8) is 0 Å². The van der Waals surface area contributed by atoms with Gasteiger partial charge in [0.15, 0.2) is 0 Å². The van der Waals surface area contributed by atoms with Crippen LogP contribution in [0.25, 0.3) is 0 Å². The summed E-state index contributed by atoms with van der Waals surface area (Å²) in [5, 5.41) is 0. The Bertz CT molecular complexity index is 433. The van der Waals surface area contributed by atoms with Gasteiger partial charge >= 0.3 is 5.97 Å². The molecule has 0 aliphatic carbocycles. The lowest BCUT2D eigenvalue weighted by atomic mass is 10.1. The summed E-state index contributed by atoms with van der Waals surface area (Å²) >= 11 is 0. The van der Waals surface area contributed by atoms with E-state index in [9.17, 15) is 4.79 Å². The summed E-state index contributed by atoms with van der Waals surface area (Å²) in [6, 6.07) is 5.79. The van der Waals surface area contributed by atoms with Crippen LogP contribution in [0.5, 0.6) is 5.75 Å². The van der Waals surface area contributed by atoms with Crippen LogP contribution in [0, 0.1) is 13.8 Å². The van der Waals surface area contributed by atoms with Gasteiger partial charge in [0, 0.05) is 0 Å². The number of rotatable bonds is 4. The Labute approximate surface area is 102 Å². The van der Waals surface area contributed by atoms with E-state index in [0.717, 1.165) is 11.3 Å². The molecule has 0 fully saturated rings. The van der Waals surface area contributed by atoms with Gasteiger partial charge in [-0.25, -0.2) is 4.79 Å². The predicted molar refractivity (Wildman–Crippen MR) is 66.9 cm³/mol. The van der Waals surface area contributed by atoms with Crippen molar-refractivity contribution in [2.24, 2.45) is 0 Å². The molecule has 0 amide bonds. The van der Waals surface area contributed by atoms with Crippen LogP contribution < -0.4 is 4.74 Å². The summed E-state index contributed by atoms with van der Waals surface area (Å²) < 4.78 is 10.3. The molecule has 0 saturated heterocycles. The number of ether oxygens (including phenoxy) is 2. The van der Waals surface area contributed by atoms with Gasteiger partial charge < -0.3 is 9.47 Å². The maximum atomic E-state index is 11.3. The predicted octanol–water partition coefficient (Wildman–Crippen LogP) is 3.15. The van der Waals surface area contributed by atoms with Gasteiger partial charge in [0.1, 0.15) is 12.0 Å². The van der Waals surface area contributed by atoms with E-state index in [4.69, 9.17) is 9.47 Å². The van der Waals surface area contributed by atoms with Gasteiger partial charge in [-0.2, -0.15) is 0 Å². The Morgan fingerprint density at radius 1 is 1.29 bits per heavy atom. The molecule has 0 aromatic heterocycles. The first kappa shape index (κ1) is 13.3. The van der Waals surface area contributed by atoms with Crippen molar-refractivity contribution in [2.75, 3.05) is 6.61 Å². The van der Waals surface area contributed by atoms with Crippen LogP contribution in [-0.2, 0) is 9.53 Å². The molecule has 0 bridgehead atoms. The first-order valence-corrected chi connectivity index (χ1v) is 5.62. The van der Waals surface area contributed by atoms with Gasteiger partial charge in [0.2, 0.25) is 0 Å². The highest BCUT2D eigenvalue weighted by molar-refractivity contribution is 5.87. The number of hydrogen-bond acceptors (Lipinski definition) is 3. The third kappa shape index (κ3) is 3.94. The average Bonchev–Trinajstić information content (AvgIpc) is 2.30. The molecule has 0 saturated carbocycles. The van der Waals surface area contributed by atoms with Crippen molar-refractivity contribution < 1.29 is 14.3 Å². The third-order valence-corrected chi connectivity index (χ3v) is 2.45. The Morgan fingerprint density at radius 3 is 2.59 bits per heavy atom. The topological polar surface area (TPSA) is 35.5 Å². The number of aryl methyl sites for hydroxylation is 2. The first-order chi connectivity index (χ1) is 8.04. The lowest BCUT2D eigenvalue weighted by molar-refractivity contribution is -0.138. The van der Waals surface area contributed by atoms with Crippen molar-refractivity contribution in [1.29, 1.82) is 0 Å². The van der Waals surface area contributed by atoms with E-state index in [0.29, 0.717) is 12.2 Å². The summed E-state index contributed by atoms with van der Waals surface area (Å²) in [6.07, 6.45) is 1.42. The minimum absolute atomic E-state index is 0.351. The minimum atomic E-state index is -0.351. The fourth-order valence-corrected chi connectivity index (χ4v) is 1.24. The van der Waals surface area contributed by atoms with E-state index in [1.807, 2.05) is 32.0 Å². The lowest BCUT2D eigenvalue weighted by Gasteiger charge is -2.05. The molecule has 0 atom stereocenters. The quantitative estimate of drug-likeness (QED) is 0.456. The molecule has 3 heteroatoms. The largest absolute Gasteiger partial charge is 0.464 e. The van der Waals surface area contributed by atoms with E-state index < -0.39 is 0 Å². The minimum Gasteiger partial charge on any atom is -0.464 e. The maximum absolute atomic E-state index is 11.3. The highest BCUT2D eigenvalue weighted by atomic mass is 16.5. The number of carbonyl (C=O) groups excluding carboxylic acids is 1. The molecule has 0 radical (unpaired) electrons. The number of hydrogen-bond donors (Lipinski definition) is 0. The molecular weight excluding hydrogens is 216 g/mol. The zero-order valence-electron chi connectivity index (χ0n) is 10.7. The van der Waals surface area contributed by atoms with E-state index >= 15 is 0 Å².